The van der Waals surface area contributed by atoms with Gasteiger partial charge in [0.25, 0.3) is 5.91 Å². The molecule has 3 rings (SSSR count). The number of halogens is 1. The first-order chi connectivity index (χ1) is 10.6. The Balaban J connectivity index is 1.77. The fraction of sp³-hybridized carbons (Fsp3) is 0.412. The lowest BCUT2D eigenvalue weighted by atomic mass is 9.94. The van der Waals surface area contributed by atoms with Crippen molar-refractivity contribution in [3.8, 4) is 0 Å². The molecule has 1 fully saturated rings. The van der Waals surface area contributed by atoms with Crippen LogP contribution >= 0.6 is 22.9 Å². The van der Waals surface area contributed by atoms with Gasteiger partial charge in [0.1, 0.15) is 5.69 Å². The molecule has 2 heterocycles. The van der Waals surface area contributed by atoms with Gasteiger partial charge in [-0.25, -0.2) is 4.98 Å². The van der Waals surface area contributed by atoms with Gasteiger partial charge < -0.3 is 4.90 Å². The van der Waals surface area contributed by atoms with E-state index in [0.717, 1.165) is 42.4 Å². The van der Waals surface area contributed by atoms with Crippen LogP contribution in [0.4, 0.5) is 0 Å². The predicted molar refractivity (Wildman–Crippen MR) is 90.8 cm³/mol. The molecular formula is C17H19ClN2OS. The van der Waals surface area contributed by atoms with E-state index >= 15 is 0 Å². The summed E-state index contributed by atoms with van der Waals surface area (Å²) in [7, 11) is 0. The SMILES string of the molecule is Cc1nc(C(=O)N2CCCC[C@@H](c3ccc(Cl)cc3)C2)cs1. The Labute approximate surface area is 139 Å². The molecule has 1 aliphatic heterocycles. The van der Waals surface area contributed by atoms with Gasteiger partial charge >= 0.3 is 0 Å². The number of likely N-dealkylation sites (tertiary alicyclic amines) is 1. The maximum Gasteiger partial charge on any atom is 0.273 e. The van der Waals surface area contributed by atoms with Gasteiger partial charge in [-0.1, -0.05) is 30.2 Å². The Kier molecular flexibility index (Phi) is 4.79. The molecule has 116 valence electrons. The molecule has 0 aliphatic carbocycles. The topological polar surface area (TPSA) is 33.2 Å². The molecule has 1 atom stereocenters. The zero-order valence-electron chi connectivity index (χ0n) is 12.6. The minimum atomic E-state index is 0.0604. The molecule has 0 radical (unpaired) electrons. The Morgan fingerprint density at radius 2 is 2.09 bits per heavy atom. The number of carbonyl (C=O) groups is 1. The average molecular weight is 335 g/mol. The quantitative estimate of drug-likeness (QED) is 0.809. The number of nitrogens with zero attached hydrogens (tertiary/aromatic N) is 2. The van der Waals surface area contributed by atoms with Gasteiger partial charge in [0, 0.05) is 29.4 Å². The van der Waals surface area contributed by atoms with Gasteiger partial charge in [0.2, 0.25) is 0 Å². The fourth-order valence-electron chi connectivity index (χ4n) is 2.96. The minimum absolute atomic E-state index is 0.0604. The third-order valence-electron chi connectivity index (χ3n) is 4.14. The monoisotopic (exact) mass is 334 g/mol. The van der Waals surface area contributed by atoms with Crippen LogP contribution in [0, 0.1) is 6.92 Å². The van der Waals surface area contributed by atoms with E-state index in [-0.39, 0.29) is 5.91 Å². The van der Waals surface area contributed by atoms with Crippen molar-refractivity contribution in [1.82, 2.24) is 9.88 Å². The molecule has 0 saturated carbocycles. The van der Waals surface area contributed by atoms with Crippen molar-refractivity contribution in [3.05, 3.63) is 50.9 Å². The largest absolute Gasteiger partial charge is 0.337 e. The molecule has 0 spiro atoms. The molecule has 3 nitrogen and oxygen atoms in total. The van der Waals surface area contributed by atoms with E-state index in [2.05, 4.69) is 17.1 Å². The van der Waals surface area contributed by atoms with Gasteiger partial charge in [-0.2, -0.15) is 0 Å². The molecule has 1 amide bonds. The Morgan fingerprint density at radius 1 is 1.32 bits per heavy atom. The highest BCUT2D eigenvalue weighted by Crippen LogP contribution is 2.28. The first-order valence-electron chi connectivity index (χ1n) is 7.60. The van der Waals surface area contributed by atoms with E-state index in [9.17, 15) is 4.79 Å². The molecule has 1 aromatic carbocycles. The summed E-state index contributed by atoms with van der Waals surface area (Å²) in [6, 6.07) is 8.01. The van der Waals surface area contributed by atoms with Crippen LogP contribution in [0.25, 0.3) is 0 Å². The number of benzene rings is 1. The first kappa shape index (κ1) is 15.5. The molecule has 1 aromatic heterocycles. The summed E-state index contributed by atoms with van der Waals surface area (Å²) < 4.78 is 0. The number of aryl methyl sites for hydroxylation is 1. The van der Waals surface area contributed by atoms with Crippen molar-refractivity contribution in [1.29, 1.82) is 0 Å². The van der Waals surface area contributed by atoms with Crippen molar-refractivity contribution in [2.75, 3.05) is 13.1 Å². The number of hydrogen-bond acceptors (Lipinski definition) is 3. The number of aromatic nitrogens is 1. The molecular weight excluding hydrogens is 316 g/mol. The van der Waals surface area contributed by atoms with Gasteiger partial charge in [0.05, 0.1) is 5.01 Å². The lowest BCUT2D eigenvalue weighted by Gasteiger charge is -2.24. The van der Waals surface area contributed by atoms with E-state index in [1.54, 1.807) is 0 Å². The van der Waals surface area contributed by atoms with Crippen molar-refractivity contribution >= 4 is 28.8 Å². The number of amides is 1. The van der Waals surface area contributed by atoms with E-state index in [1.165, 1.54) is 16.9 Å². The van der Waals surface area contributed by atoms with Gasteiger partial charge in [-0.3, -0.25) is 4.79 Å². The Bertz CT molecular complexity index is 653. The molecule has 1 aliphatic rings. The molecule has 2 aromatic rings. The van der Waals surface area contributed by atoms with Gasteiger partial charge in [-0.05, 0) is 37.5 Å². The fourth-order valence-corrected chi connectivity index (χ4v) is 3.67. The van der Waals surface area contributed by atoms with Crippen LogP contribution in [0.15, 0.2) is 29.6 Å². The summed E-state index contributed by atoms with van der Waals surface area (Å²) in [5.74, 6) is 0.439. The summed E-state index contributed by atoms with van der Waals surface area (Å²) in [5, 5.41) is 3.55. The summed E-state index contributed by atoms with van der Waals surface area (Å²) in [4.78, 5) is 18.9. The molecule has 22 heavy (non-hydrogen) atoms. The van der Waals surface area contributed by atoms with E-state index in [1.807, 2.05) is 29.3 Å². The van der Waals surface area contributed by atoms with Crippen molar-refractivity contribution in [2.24, 2.45) is 0 Å². The Hall–Kier alpha value is -1.39. The highest BCUT2D eigenvalue weighted by Gasteiger charge is 2.25. The van der Waals surface area contributed by atoms with Crippen LogP contribution in [0.3, 0.4) is 0 Å². The van der Waals surface area contributed by atoms with E-state index in [4.69, 9.17) is 11.6 Å². The van der Waals surface area contributed by atoms with Crippen LogP contribution in [-0.2, 0) is 0 Å². The standard InChI is InChI=1S/C17H19ClN2OS/c1-12-19-16(11-22-12)17(21)20-9-3-2-4-14(10-20)13-5-7-15(18)8-6-13/h5-8,11,14H,2-4,9-10H2,1H3/t14-/m1/s1. The third-order valence-corrected chi connectivity index (χ3v) is 5.16. The molecule has 0 bridgehead atoms. The normalized spacial score (nSPS) is 19.0. The highest BCUT2D eigenvalue weighted by molar-refractivity contribution is 7.09. The second kappa shape index (κ2) is 6.80. The third kappa shape index (κ3) is 3.50. The zero-order chi connectivity index (χ0) is 15.5. The summed E-state index contributed by atoms with van der Waals surface area (Å²) in [5.41, 5.74) is 1.85. The Morgan fingerprint density at radius 3 is 2.77 bits per heavy atom. The van der Waals surface area contributed by atoms with Gasteiger partial charge in [-0.15, -0.1) is 11.3 Å². The molecule has 0 N–H and O–H groups in total. The van der Waals surface area contributed by atoms with E-state index < -0.39 is 0 Å². The van der Waals surface area contributed by atoms with Crippen LogP contribution in [0.2, 0.25) is 5.02 Å². The van der Waals surface area contributed by atoms with Gasteiger partial charge in [0.15, 0.2) is 0 Å². The van der Waals surface area contributed by atoms with Crippen molar-refractivity contribution in [3.63, 3.8) is 0 Å². The summed E-state index contributed by atoms with van der Waals surface area (Å²) in [6.45, 7) is 3.51. The van der Waals surface area contributed by atoms with Crippen LogP contribution in [0.5, 0.6) is 0 Å². The maximum absolute atomic E-state index is 12.6. The molecule has 5 heteroatoms. The lowest BCUT2D eigenvalue weighted by molar-refractivity contribution is 0.0749. The number of hydrogen-bond donors (Lipinski definition) is 0. The highest BCUT2D eigenvalue weighted by atomic mass is 35.5. The summed E-state index contributed by atoms with van der Waals surface area (Å²) in [6.07, 6.45) is 3.31. The molecule has 0 unspecified atom stereocenters. The van der Waals surface area contributed by atoms with Crippen molar-refractivity contribution < 1.29 is 4.79 Å². The van der Waals surface area contributed by atoms with Crippen LogP contribution in [-0.4, -0.2) is 28.9 Å². The predicted octanol–water partition coefficient (Wildman–Crippen LogP) is 4.51. The summed E-state index contributed by atoms with van der Waals surface area (Å²) >= 11 is 7.50. The molecule has 1 saturated heterocycles. The maximum atomic E-state index is 12.6. The number of rotatable bonds is 2. The number of thiazole rings is 1. The number of carbonyl (C=O) groups excluding carboxylic acids is 1. The van der Waals surface area contributed by atoms with Crippen molar-refractivity contribution in [2.45, 2.75) is 32.1 Å². The second-order valence-corrected chi connectivity index (χ2v) is 7.25. The zero-order valence-corrected chi connectivity index (χ0v) is 14.2. The minimum Gasteiger partial charge on any atom is -0.337 e. The second-order valence-electron chi connectivity index (χ2n) is 5.75. The van der Waals surface area contributed by atoms with E-state index in [0.29, 0.717) is 11.6 Å². The average Bonchev–Trinajstić information content (AvgIpc) is 2.81. The smallest absolute Gasteiger partial charge is 0.273 e. The first-order valence-corrected chi connectivity index (χ1v) is 8.86. The van der Waals surface area contributed by atoms with Crippen LogP contribution in [0.1, 0.15) is 46.2 Å². The van der Waals surface area contributed by atoms with Crippen LogP contribution < -0.4 is 0 Å². The lowest BCUT2D eigenvalue weighted by Crippen LogP contribution is -2.34.